The number of fused-ring (bicyclic) bond motifs is 1. The third kappa shape index (κ3) is 4.85. The molecule has 6 nitrogen and oxygen atoms in total. The minimum atomic E-state index is 0.857. The number of piperazine rings is 1. The summed E-state index contributed by atoms with van der Waals surface area (Å²) < 4.78 is 0. The number of likely N-dealkylation sites (tertiary alicyclic amines) is 1. The highest BCUT2D eigenvalue weighted by Crippen LogP contribution is 2.28. The highest BCUT2D eigenvalue weighted by atomic mass is 15.2. The molecule has 6 heteroatoms. The Morgan fingerprint density at radius 1 is 0.839 bits per heavy atom. The molecule has 2 fully saturated rings. The first-order valence-electron chi connectivity index (χ1n) is 12.1. The van der Waals surface area contributed by atoms with Crippen LogP contribution >= 0.6 is 0 Å². The first-order chi connectivity index (χ1) is 15.3. The van der Waals surface area contributed by atoms with Crippen LogP contribution in [0.2, 0.25) is 0 Å². The quantitative estimate of drug-likeness (QED) is 0.715. The standard InChI is InChI=1S/C25H36N6/c1-28-16-18-30(19-17-28)23-9-7-21(8-10-23)24-26-20-22-6-4-14-31(25(22)27-24)15-5-13-29-11-2-3-12-29/h7-10,20H,2-6,11-19H2,1H3. The van der Waals surface area contributed by atoms with Gasteiger partial charge in [-0.1, -0.05) is 0 Å². The van der Waals surface area contributed by atoms with Gasteiger partial charge in [-0.05, 0) is 83.1 Å². The molecular formula is C25H36N6. The van der Waals surface area contributed by atoms with E-state index in [0.29, 0.717) is 0 Å². The second kappa shape index (κ2) is 9.53. The Morgan fingerprint density at radius 2 is 1.61 bits per heavy atom. The molecule has 0 radical (unpaired) electrons. The second-order valence-electron chi connectivity index (χ2n) is 9.37. The first kappa shape index (κ1) is 20.7. The molecule has 0 unspecified atom stereocenters. The van der Waals surface area contributed by atoms with Crippen LogP contribution in [-0.4, -0.2) is 85.7 Å². The van der Waals surface area contributed by atoms with Crippen molar-refractivity contribution in [3.05, 3.63) is 36.0 Å². The van der Waals surface area contributed by atoms with E-state index in [-0.39, 0.29) is 0 Å². The molecule has 1 aromatic carbocycles. The summed E-state index contributed by atoms with van der Waals surface area (Å²) in [5, 5.41) is 0. The van der Waals surface area contributed by atoms with Crippen molar-refractivity contribution in [2.75, 3.05) is 75.8 Å². The van der Waals surface area contributed by atoms with E-state index in [1.165, 1.54) is 62.4 Å². The van der Waals surface area contributed by atoms with Gasteiger partial charge in [0, 0.05) is 62.3 Å². The van der Waals surface area contributed by atoms with E-state index in [4.69, 9.17) is 9.97 Å². The fourth-order valence-electron chi connectivity index (χ4n) is 5.15. The Balaban J connectivity index is 1.27. The molecule has 166 valence electrons. The molecule has 3 aliphatic heterocycles. The maximum atomic E-state index is 5.05. The smallest absolute Gasteiger partial charge is 0.161 e. The molecule has 0 spiro atoms. The number of hydrogen-bond donors (Lipinski definition) is 0. The largest absolute Gasteiger partial charge is 0.369 e. The number of benzene rings is 1. The Hall–Kier alpha value is -2.18. The van der Waals surface area contributed by atoms with Gasteiger partial charge in [0.15, 0.2) is 5.82 Å². The fourth-order valence-corrected chi connectivity index (χ4v) is 5.15. The van der Waals surface area contributed by atoms with Crippen molar-refractivity contribution >= 4 is 11.5 Å². The number of nitrogens with zero attached hydrogens (tertiary/aromatic N) is 6. The van der Waals surface area contributed by atoms with Gasteiger partial charge in [-0.2, -0.15) is 0 Å². The lowest BCUT2D eigenvalue weighted by Crippen LogP contribution is -2.44. The molecule has 0 bridgehead atoms. The van der Waals surface area contributed by atoms with Crippen LogP contribution in [0, 0.1) is 0 Å². The SMILES string of the molecule is CN1CCN(c2ccc(-c3ncc4c(n3)N(CCCN3CCCC3)CCC4)cc2)CC1. The molecule has 31 heavy (non-hydrogen) atoms. The van der Waals surface area contributed by atoms with Gasteiger partial charge in [-0.3, -0.25) is 0 Å². The van der Waals surface area contributed by atoms with Gasteiger partial charge in [0.1, 0.15) is 5.82 Å². The van der Waals surface area contributed by atoms with Crippen LogP contribution in [0.15, 0.2) is 30.5 Å². The first-order valence-corrected chi connectivity index (χ1v) is 12.1. The molecule has 2 saturated heterocycles. The molecule has 1 aromatic heterocycles. The highest BCUT2D eigenvalue weighted by Gasteiger charge is 2.21. The van der Waals surface area contributed by atoms with Crippen molar-refractivity contribution in [1.82, 2.24) is 19.8 Å². The van der Waals surface area contributed by atoms with Crippen LogP contribution in [0.1, 0.15) is 31.2 Å². The molecule has 0 saturated carbocycles. The lowest BCUT2D eigenvalue weighted by atomic mass is 10.1. The normalized spacial score (nSPS) is 20.3. The Labute approximate surface area is 186 Å². The van der Waals surface area contributed by atoms with Gasteiger partial charge >= 0.3 is 0 Å². The number of aromatic nitrogens is 2. The maximum absolute atomic E-state index is 5.05. The van der Waals surface area contributed by atoms with E-state index < -0.39 is 0 Å². The Kier molecular flexibility index (Phi) is 6.37. The van der Waals surface area contributed by atoms with E-state index in [1.54, 1.807) is 0 Å². The minimum absolute atomic E-state index is 0.857. The van der Waals surface area contributed by atoms with Gasteiger partial charge in [-0.25, -0.2) is 9.97 Å². The molecule has 0 atom stereocenters. The van der Waals surface area contributed by atoms with E-state index >= 15 is 0 Å². The summed E-state index contributed by atoms with van der Waals surface area (Å²) in [6.07, 6.45) is 8.34. The van der Waals surface area contributed by atoms with E-state index in [1.807, 2.05) is 0 Å². The summed E-state index contributed by atoms with van der Waals surface area (Å²) in [7, 11) is 2.20. The van der Waals surface area contributed by atoms with Crippen LogP contribution < -0.4 is 9.80 Å². The lowest BCUT2D eigenvalue weighted by Gasteiger charge is -2.34. The molecule has 4 heterocycles. The summed E-state index contributed by atoms with van der Waals surface area (Å²) in [5.74, 6) is 2.02. The van der Waals surface area contributed by atoms with Crippen molar-refractivity contribution in [3.63, 3.8) is 0 Å². The Morgan fingerprint density at radius 3 is 2.39 bits per heavy atom. The summed E-state index contributed by atoms with van der Waals surface area (Å²) in [6.45, 7) is 10.5. The lowest BCUT2D eigenvalue weighted by molar-refractivity contribution is 0.313. The van der Waals surface area contributed by atoms with Crippen LogP contribution in [0.5, 0.6) is 0 Å². The molecule has 0 N–H and O–H groups in total. The summed E-state index contributed by atoms with van der Waals surface area (Å²) >= 11 is 0. The van der Waals surface area contributed by atoms with Crippen molar-refractivity contribution in [3.8, 4) is 11.4 Å². The second-order valence-corrected chi connectivity index (χ2v) is 9.37. The number of aryl methyl sites for hydroxylation is 1. The van der Waals surface area contributed by atoms with Crippen LogP contribution in [-0.2, 0) is 6.42 Å². The highest BCUT2D eigenvalue weighted by molar-refractivity contribution is 5.63. The molecular weight excluding hydrogens is 384 g/mol. The van der Waals surface area contributed by atoms with Crippen molar-refractivity contribution in [1.29, 1.82) is 0 Å². The summed E-state index contributed by atoms with van der Waals surface area (Å²) in [6, 6.07) is 8.85. The van der Waals surface area contributed by atoms with Gasteiger partial charge in [0.2, 0.25) is 0 Å². The molecule has 0 amide bonds. The fraction of sp³-hybridized carbons (Fsp3) is 0.600. The van der Waals surface area contributed by atoms with Gasteiger partial charge in [0.05, 0.1) is 0 Å². The zero-order chi connectivity index (χ0) is 21.0. The minimum Gasteiger partial charge on any atom is -0.369 e. The molecule has 5 rings (SSSR count). The molecule has 2 aromatic rings. The van der Waals surface area contributed by atoms with Crippen LogP contribution in [0.3, 0.4) is 0 Å². The predicted octanol–water partition coefficient (Wildman–Crippen LogP) is 3.13. The van der Waals surface area contributed by atoms with Gasteiger partial charge in [0.25, 0.3) is 0 Å². The van der Waals surface area contributed by atoms with Crippen LogP contribution in [0.25, 0.3) is 11.4 Å². The van der Waals surface area contributed by atoms with Crippen molar-refractivity contribution < 1.29 is 0 Å². The van der Waals surface area contributed by atoms with Crippen molar-refractivity contribution in [2.24, 2.45) is 0 Å². The number of anilines is 2. The topological polar surface area (TPSA) is 38.7 Å². The van der Waals surface area contributed by atoms with Crippen LogP contribution in [0.4, 0.5) is 11.5 Å². The Bertz CT molecular complexity index is 853. The number of rotatable bonds is 6. The van der Waals surface area contributed by atoms with Gasteiger partial charge < -0.3 is 19.6 Å². The summed E-state index contributed by atoms with van der Waals surface area (Å²) in [5.41, 5.74) is 3.73. The monoisotopic (exact) mass is 420 g/mol. The maximum Gasteiger partial charge on any atom is 0.161 e. The van der Waals surface area contributed by atoms with E-state index in [9.17, 15) is 0 Å². The van der Waals surface area contributed by atoms with E-state index in [2.05, 4.69) is 57.1 Å². The third-order valence-corrected chi connectivity index (χ3v) is 7.11. The van der Waals surface area contributed by atoms with E-state index in [0.717, 1.165) is 57.1 Å². The molecule has 0 aliphatic carbocycles. The number of hydrogen-bond acceptors (Lipinski definition) is 6. The summed E-state index contributed by atoms with van der Waals surface area (Å²) in [4.78, 5) is 19.7. The van der Waals surface area contributed by atoms with Crippen molar-refractivity contribution in [2.45, 2.75) is 32.1 Å². The zero-order valence-electron chi connectivity index (χ0n) is 19.0. The predicted molar refractivity (Wildman–Crippen MR) is 128 cm³/mol. The molecule has 3 aliphatic rings. The third-order valence-electron chi connectivity index (χ3n) is 7.11. The van der Waals surface area contributed by atoms with Gasteiger partial charge in [-0.15, -0.1) is 0 Å². The zero-order valence-corrected chi connectivity index (χ0v) is 19.0. The number of likely N-dealkylation sites (N-methyl/N-ethyl adjacent to an activating group) is 1. The average molecular weight is 421 g/mol. The average Bonchev–Trinajstić information content (AvgIpc) is 3.33.